The van der Waals surface area contributed by atoms with E-state index in [0.717, 1.165) is 30.2 Å². The van der Waals surface area contributed by atoms with Gasteiger partial charge in [0.15, 0.2) is 0 Å². The Morgan fingerprint density at radius 1 is 1.41 bits per heavy atom. The molecule has 0 aliphatic carbocycles. The average molecular weight is 231 g/mol. The molecule has 17 heavy (non-hydrogen) atoms. The summed E-state index contributed by atoms with van der Waals surface area (Å²) in [5, 5.41) is 3.23. The Hall–Kier alpha value is -1.84. The lowest BCUT2D eigenvalue weighted by Gasteiger charge is -2.26. The quantitative estimate of drug-likeness (QED) is 0.817. The van der Waals surface area contributed by atoms with Gasteiger partial charge in [0.1, 0.15) is 5.82 Å². The van der Waals surface area contributed by atoms with Crippen molar-refractivity contribution in [2.75, 3.05) is 11.9 Å². The fourth-order valence-corrected chi connectivity index (χ4v) is 2.39. The molecule has 1 unspecified atom stereocenters. The van der Waals surface area contributed by atoms with Crippen LogP contribution in [0.1, 0.15) is 23.7 Å². The van der Waals surface area contributed by atoms with Crippen LogP contribution in [0.4, 0.5) is 10.3 Å². The molecule has 2 heterocycles. The van der Waals surface area contributed by atoms with Gasteiger partial charge in [-0.05, 0) is 19.4 Å². The Bertz CT molecular complexity index is 547. The predicted molar refractivity (Wildman–Crippen MR) is 64.6 cm³/mol. The summed E-state index contributed by atoms with van der Waals surface area (Å²) >= 11 is 0. The van der Waals surface area contributed by atoms with E-state index in [-0.39, 0.29) is 11.9 Å². The van der Waals surface area contributed by atoms with Crippen LogP contribution >= 0.6 is 0 Å². The van der Waals surface area contributed by atoms with Crippen LogP contribution in [0.3, 0.4) is 0 Å². The lowest BCUT2D eigenvalue weighted by molar-refractivity contribution is 0.496. The van der Waals surface area contributed by atoms with Gasteiger partial charge in [0.05, 0.1) is 11.7 Å². The topological polar surface area (TPSA) is 29.9 Å². The van der Waals surface area contributed by atoms with Crippen molar-refractivity contribution in [3.63, 3.8) is 0 Å². The third kappa shape index (κ3) is 1.69. The Labute approximate surface area is 99.3 Å². The largest absolute Gasteiger partial charge is 0.356 e. The molecule has 1 aromatic heterocycles. The molecule has 0 radical (unpaired) electrons. The molecule has 0 fully saturated rings. The van der Waals surface area contributed by atoms with E-state index in [4.69, 9.17) is 0 Å². The van der Waals surface area contributed by atoms with Crippen molar-refractivity contribution in [3.8, 4) is 0 Å². The highest BCUT2D eigenvalue weighted by atomic mass is 19.1. The van der Waals surface area contributed by atoms with E-state index >= 15 is 0 Å². The van der Waals surface area contributed by atoms with Crippen LogP contribution in [0.2, 0.25) is 0 Å². The van der Waals surface area contributed by atoms with Gasteiger partial charge in [0.2, 0.25) is 5.95 Å². The fraction of sp³-hybridized carbons (Fsp3) is 0.308. The monoisotopic (exact) mass is 231 g/mol. The number of anilines is 1. The van der Waals surface area contributed by atoms with Gasteiger partial charge < -0.3 is 9.88 Å². The first-order valence-electron chi connectivity index (χ1n) is 5.79. The van der Waals surface area contributed by atoms with Gasteiger partial charge in [-0.2, -0.15) is 0 Å². The molecular formula is C13H14FN3. The standard InChI is InChI=1S/C13H14FN3/c1-9-8-17-12(6-7-15-13(17)16-9)10-4-2-3-5-11(10)14/h2-5,8,12H,6-7H2,1H3,(H,15,16). The summed E-state index contributed by atoms with van der Waals surface area (Å²) in [4.78, 5) is 4.39. The molecule has 0 amide bonds. The molecule has 3 nitrogen and oxygen atoms in total. The number of fused-ring (bicyclic) bond motifs is 1. The first-order valence-corrected chi connectivity index (χ1v) is 5.79. The molecule has 1 aliphatic heterocycles. The molecule has 1 aromatic carbocycles. The number of imidazole rings is 1. The van der Waals surface area contributed by atoms with Crippen molar-refractivity contribution < 1.29 is 4.39 Å². The SMILES string of the molecule is Cc1cn2c(n1)NCCC2c1ccccc1F. The lowest BCUT2D eigenvalue weighted by Crippen LogP contribution is -2.24. The van der Waals surface area contributed by atoms with E-state index in [1.807, 2.05) is 29.8 Å². The predicted octanol–water partition coefficient (Wildman–Crippen LogP) is 2.74. The van der Waals surface area contributed by atoms with E-state index in [2.05, 4.69) is 10.3 Å². The number of hydrogen-bond acceptors (Lipinski definition) is 2. The highest BCUT2D eigenvalue weighted by Gasteiger charge is 2.23. The normalized spacial score (nSPS) is 18.6. The van der Waals surface area contributed by atoms with Gasteiger partial charge in [-0.25, -0.2) is 9.37 Å². The molecule has 1 N–H and O–H groups in total. The van der Waals surface area contributed by atoms with Gasteiger partial charge in [-0.15, -0.1) is 0 Å². The van der Waals surface area contributed by atoms with Crippen molar-refractivity contribution in [3.05, 3.63) is 47.5 Å². The minimum atomic E-state index is -0.142. The molecule has 88 valence electrons. The minimum Gasteiger partial charge on any atom is -0.356 e. The van der Waals surface area contributed by atoms with Crippen molar-refractivity contribution in [2.45, 2.75) is 19.4 Å². The number of nitrogens with zero attached hydrogens (tertiary/aromatic N) is 2. The van der Waals surface area contributed by atoms with Crippen LogP contribution < -0.4 is 5.32 Å². The second kappa shape index (κ2) is 3.87. The van der Waals surface area contributed by atoms with E-state index in [1.165, 1.54) is 6.07 Å². The number of rotatable bonds is 1. The van der Waals surface area contributed by atoms with Crippen molar-refractivity contribution in [2.24, 2.45) is 0 Å². The summed E-state index contributed by atoms with van der Waals surface area (Å²) in [5.41, 5.74) is 1.70. The van der Waals surface area contributed by atoms with Crippen LogP contribution in [-0.4, -0.2) is 16.1 Å². The van der Waals surface area contributed by atoms with Crippen molar-refractivity contribution >= 4 is 5.95 Å². The Balaban J connectivity index is 2.09. The number of benzene rings is 1. The third-order valence-electron chi connectivity index (χ3n) is 3.15. The van der Waals surface area contributed by atoms with Gasteiger partial charge in [-0.3, -0.25) is 0 Å². The van der Waals surface area contributed by atoms with Crippen molar-refractivity contribution in [1.82, 2.24) is 9.55 Å². The third-order valence-corrected chi connectivity index (χ3v) is 3.15. The lowest BCUT2D eigenvalue weighted by atomic mass is 10.0. The maximum Gasteiger partial charge on any atom is 0.203 e. The summed E-state index contributed by atoms with van der Waals surface area (Å²) in [6.45, 7) is 2.78. The summed E-state index contributed by atoms with van der Waals surface area (Å²) in [6, 6.07) is 7.02. The second-order valence-corrected chi connectivity index (χ2v) is 4.37. The van der Waals surface area contributed by atoms with E-state index < -0.39 is 0 Å². The molecule has 0 bridgehead atoms. The van der Waals surface area contributed by atoms with E-state index in [9.17, 15) is 4.39 Å². The highest BCUT2D eigenvalue weighted by Crippen LogP contribution is 2.30. The van der Waals surface area contributed by atoms with Gasteiger partial charge in [0.25, 0.3) is 0 Å². The van der Waals surface area contributed by atoms with Gasteiger partial charge in [0, 0.05) is 18.3 Å². The first-order chi connectivity index (χ1) is 8.25. The molecular weight excluding hydrogens is 217 g/mol. The van der Waals surface area contributed by atoms with Crippen LogP contribution in [0.5, 0.6) is 0 Å². The van der Waals surface area contributed by atoms with Gasteiger partial charge in [-0.1, -0.05) is 18.2 Å². The van der Waals surface area contributed by atoms with E-state index in [1.54, 1.807) is 6.07 Å². The molecule has 0 spiro atoms. The van der Waals surface area contributed by atoms with Crippen LogP contribution in [0.15, 0.2) is 30.5 Å². The number of aryl methyl sites for hydroxylation is 1. The summed E-state index contributed by atoms with van der Waals surface area (Å²) in [7, 11) is 0. The Morgan fingerprint density at radius 3 is 3.06 bits per heavy atom. The molecule has 4 heteroatoms. The number of nitrogens with one attached hydrogen (secondary N) is 1. The van der Waals surface area contributed by atoms with Crippen LogP contribution in [0, 0.1) is 12.7 Å². The van der Waals surface area contributed by atoms with Gasteiger partial charge >= 0.3 is 0 Å². The summed E-state index contributed by atoms with van der Waals surface area (Å²) < 4.78 is 15.8. The number of hydrogen-bond donors (Lipinski definition) is 1. The molecule has 1 atom stereocenters. The second-order valence-electron chi connectivity index (χ2n) is 4.37. The molecule has 2 aromatic rings. The summed E-state index contributed by atoms with van der Waals surface area (Å²) in [6.07, 6.45) is 2.85. The van der Waals surface area contributed by atoms with E-state index in [0.29, 0.717) is 0 Å². The maximum atomic E-state index is 13.8. The van der Waals surface area contributed by atoms with Crippen molar-refractivity contribution in [1.29, 1.82) is 0 Å². The zero-order chi connectivity index (χ0) is 11.8. The van der Waals surface area contributed by atoms with Crippen LogP contribution in [-0.2, 0) is 0 Å². The maximum absolute atomic E-state index is 13.8. The molecule has 3 rings (SSSR count). The van der Waals surface area contributed by atoms with Crippen LogP contribution in [0.25, 0.3) is 0 Å². The summed E-state index contributed by atoms with van der Waals surface area (Å²) in [5.74, 6) is 0.693. The first kappa shape index (κ1) is 10.3. The average Bonchev–Trinajstić information content (AvgIpc) is 2.70. The Kier molecular flexibility index (Phi) is 2.35. The zero-order valence-electron chi connectivity index (χ0n) is 9.65. The smallest absolute Gasteiger partial charge is 0.203 e. The number of aromatic nitrogens is 2. The molecule has 1 aliphatic rings. The highest BCUT2D eigenvalue weighted by molar-refractivity contribution is 5.36. The zero-order valence-corrected chi connectivity index (χ0v) is 9.65. The Morgan fingerprint density at radius 2 is 2.24 bits per heavy atom. The number of halogens is 1. The minimum absolute atomic E-state index is 0.0497. The fourth-order valence-electron chi connectivity index (χ4n) is 2.39. The molecule has 0 saturated heterocycles. The molecule has 0 saturated carbocycles.